The minimum atomic E-state index is -3.64. The molecule has 0 radical (unpaired) electrons. The third-order valence-corrected chi connectivity index (χ3v) is 6.52. The van der Waals surface area contributed by atoms with E-state index in [1.54, 1.807) is 6.07 Å². The van der Waals surface area contributed by atoms with Crippen molar-refractivity contribution in [1.82, 2.24) is 15.4 Å². The van der Waals surface area contributed by atoms with Gasteiger partial charge in [0.05, 0.1) is 10.5 Å². The van der Waals surface area contributed by atoms with Gasteiger partial charge in [0.1, 0.15) is 11.9 Å². The fourth-order valence-corrected chi connectivity index (χ4v) is 4.54. The number of benzene rings is 1. The zero-order valence-corrected chi connectivity index (χ0v) is 17.5. The molecule has 0 aliphatic carbocycles. The highest BCUT2D eigenvalue weighted by Crippen LogP contribution is 2.35. The molecule has 3 atom stereocenters. The van der Waals surface area contributed by atoms with Gasteiger partial charge in [-0.25, -0.2) is 13.1 Å². The van der Waals surface area contributed by atoms with Crippen LogP contribution >= 0.6 is 12.4 Å². The van der Waals surface area contributed by atoms with E-state index < -0.39 is 10.0 Å². The number of amides is 1. The molecule has 1 amide bonds. The van der Waals surface area contributed by atoms with Crippen molar-refractivity contribution in [3.05, 3.63) is 23.3 Å². The molecule has 3 N–H and O–H groups in total. The zero-order valence-electron chi connectivity index (χ0n) is 15.9. The third-order valence-electron chi connectivity index (χ3n) is 5.13. The topological polar surface area (TPSA) is 96.5 Å². The van der Waals surface area contributed by atoms with E-state index in [9.17, 15) is 13.2 Å². The Morgan fingerprint density at radius 2 is 2.15 bits per heavy atom. The number of hydrogen-bond donors (Lipinski definition) is 3. The Morgan fingerprint density at radius 1 is 1.41 bits per heavy atom. The second kappa shape index (κ2) is 8.77. The summed E-state index contributed by atoms with van der Waals surface area (Å²) in [7, 11) is -2.28. The van der Waals surface area contributed by atoms with Crippen LogP contribution in [0.25, 0.3) is 0 Å². The van der Waals surface area contributed by atoms with Crippen LogP contribution in [0.1, 0.15) is 49.0 Å². The van der Waals surface area contributed by atoms with Crippen LogP contribution in [-0.4, -0.2) is 46.1 Å². The zero-order chi connectivity index (χ0) is 18.9. The average Bonchev–Trinajstić information content (AvgIpc) is 3.26. The molecule has 3 rings (SSSR count). The monoisotopic (exact) mass is 417 g/mol. The lowest BCUT2D eigenvalue weighted by Crippen LogP contribution is -2.47. The van der Waals surface area contributed by atoms with Crippen molar-refractivity contribution in [1.29, 1.82) is 0 Å². The normalized spacial score (nSPS) is 22.5. The van der Waals surface area contributed by atoms with Gasteiger partial charge >= 0.3 is 0 Å². The number of hydrogen-bond acceptors (Lipinski definition) is 5. The molecular formula is C18H28ClN3O4S. The SMILES string of the molecule is CCC(NC(=O)c1cc(S(=O)(=O)NC)cc2c1OC(C)C2)C1CCCN1.Cl. The summed E-state index contributed by atoms with van der Waals surface area (Å²) >= 11 is 0. The largest absolute Gasteiger partial charge is 0.489 e. The summed E-state index contributed by atoms with van der Waals surface area (Å²) in [5.74, 6) is 0.211. The molecule has 1 saturated heterocycles. The molecule has 0 bridgehead atoms. The van der Waals surface area contributed by atoms with Crippen molar-refractivity contribution >= 4 is 28.3 Å². The molecule has 9 heteroatoms. The first-order valence-corrected chi connectivity index (χ1v) is 10.7. The number of fused-ring (bicyclic) bond motifs is 1. The van der Waals surface area contributed by atoms with Gasteiger partial charge in [0.25, 0.3) is 5.91 Å². The molecule has 7 nitrogen and oxygen atoms in total. The lowest BCUT2D eigenvalue weighted by molar-refractivity contribution is 0.0922. The first kappa shape index (κ1) is 21.9. The molecule has 0 saturated carbocycles. The summed E-state index contributed by atoms with van der Waals surface area (Å²) in [6.45, 7) is 4.91. The van der Waals surface area contributed by atoms with Gasteiger partial charge in [0.2, 0.25) is 10.0 Å². The Hall–Kier alpha value is -1.35. The number of rotatable bonds is 6. The van der Waals surface area contributed by atoms with Gasteiger partial charge in [0.15, 0.2) is 0 Å². The third kappa shape index (κ3) is 4.56. The maximum atomic E-state index is 13.0. The van der Waals surface area contributed by atoms with Crippen molar-refractivity contribution in [2.24, 2.45) is 0 Å². The molecular weight excluding hydrogens is 390 g/mol. The van der Waals surface area contributed by atoms with Gasteiger partial charge < -0.3 is 15.4 Å². The van der Waals surface area contributed by atoms with E-state index in [-0.39, 0.29) is 47.0 Å². The Bertz CT molecular complexity index is 794. The van der Waals surface area contributed by atoms with Crippen LogP contribution in [-0.2, 0) is 16.4 Å². The van der Waals surface area contributed by atoms with Crippen molar-refractivity contribution in [3.8, 4) is 5.75 Å². The van der Waals surface area contributed by atoms with Gasteiger partial charge in [-0.05, 0) is 57.5 Å². The maximum absolute atomic E-state index is 13.0. The first-order chi connectivity index (χ1) is 12.4. The van der Waals surface area contributed by atoms with Gasteiger partial charge in [-0.15, -0.1) is 12.4 Å². The summed E-state index contributed by atoms with van der Waals surface area (Å²) in [4.78, 5) is 13.1. The second-order valence-corrected chi connectivity index (χ2v) is 8.88. The van der Waals surface area contributed by atoms with E-state index in [0.717, 1.165) is 31.4 Å². The standard InChI is InChI=1S/C18H27N3O4S.ClH/c1-4-15(16-6-5-7-20-16)21-18(22)14-10-13(26(23,24)19-3)9-12-8-11(2)25-17(12)14;/h9-11,15-16,19-20H,4-8H2,1-3H3,(H,21,22);1H. The minimum Gasteiger partial charge on any atom is -0.489 e. The molecule has 2 aliphatic rings. The number of carbonyl (C=O) groups is 1. The van der Waals surface area contributed by atoms with Crippen molar-refractivity contribution < 1.29 is 17.9 Å². The van der Waals surface area contributed by atoms with E-state index in [1.807, 2.05) is 13.8 Å². The predicted octanol–water partition coefficient (Wildman–Crippen LogP) is 1.60. The number of carbonyl (C=O) groups excluding carboxylic acids is 1. The van der Waals surface area contributed by atoms with E-state index >= 15 is 0 Å². The lowest BCUT2D eigenvalue weighted by atomic mass is 10.0. The summed E-state index contributed by atoms with van der Waals surface area (Å²) in [6.07, 6.45) is 3.44. The van der Waals surface area contributed by atoms with E-state index in [1.165, 1.54) is 13.1 Å². The van der Waals surface area contributed by atoms with Gasteiger partial charge in [-0.2, -0.15) is 0 Å². The molecule has 2 heterocycles. The van der Waals surface area contributed by atoms with Crippen molar-refractivity contribution in [3.63, 3.8) is 0 Å². The molecule has 0 spiro atoms. The highest BCUT2D eigenvalue weighted by molar-refractivity contribution is 7.89. The number of ether oxygens (including phenoxy) is 1. The number of sulfonamides is 1. The van der Waals surface area contributed by atoms with Crippen LogP contribution in [0.5, 0.6) is 5.75 Å². The quantitative estimate of drug-likeness (QED) is 0.653. The minimum absolute atomic E-state index is 0. The molecule has 0 aromatic heterocycles. The van der Waals surface area contributed by atoms with Crippen LogP contribution in [0.2, 0.25) is 0 Å². The van der Waals surface area contributed by atoms with Crippen LogP contribution in [0.4, 0.5) is 0 Å². The van der Waals surface area contributed by atoms with Crippen molar-refractivity contribution in [2.75, 3.05) is 13.6 Å². The molecule has 2 aliphatic heterocycles. The van der Waals surface area contributed by atoms with Crippen LogP contribution in [0.3, 0.4) is 0 Å². The Labute approximate surface area is 167 Å². The summed E-state index contributed by atoms with van der Waals surface area (Å²) in [6, 6.07) is 3.26. The Balaban J connectivity index is 0.00000261. The number of halogens is 1. The van der Waals surface area contributed by atoms with Crippen LogP contribution in [0.15, 0.2) is 17.0 Å². The molecule has 152 valence electrons. The molecule has 1 fully saturated rings. The van der Waals surface area contributed by atoms with Gasteiger partial charge in [0, 0.05) is 18.5 Å². The van der Waals surface area contributed by atoms with Gasteiger partial charge in [-0.1, -0.05) is 6.92 Å². The van der Waals surface area contributed by atoms with Gasteiger partial charge in [-0.3, -0.25) is 4.79 Å². The maximum Gasteiger partial charge on any atom is 0.255 e. The lowest BCUT2D eigenvalue weighted by Gasteiger charge is -2.24. The summed E-state index contributed by atoms with van der Waals surface area (Å²) in [5.41, 5.74) is 1.04. The van der Waals surface area contributed by atoms with Crippen molar-refractivity contribution in [2.45, 2.75) is 62.6 Å². The second-order valence-electron chi connectivity index (χ2n) is 6.99. The highest BCUT2D eigenvalue weighted by Gasteiger charge is 2.31. The van der Waals surface area contributed by atoms with Crippen LogP contribution in [0, 0.1) is 0 Å². The summed E-state index contributed by atoms with van der Waals surface area (Å²) in [5, 5.41) is 6.49. The van der Waals surface area contributed by atoms with E-state index in [2.05, 4.69) is 15.4 Å². The van der Waals surface area contributed by atoms with E-state index in [0.29, 0.717) is 12.2 Å². The first-order valence-electron chi connectivity index (χ1n) is 9.17. The number of nitrogens with one attached hydrogen (secondary N) is 3. The van der Waals surface area contributed by atoms with E-state index in [4.69, 9.17) is 4.74 Å². The fourth-order valence-electron chi connectivity index (χ4n) is 3.73. The molecule has 3 unspecified atom stereocenters. The smallest absolute Gasteiger partial charge is 0.255 e. The fraction of sp³-hybridized carbons (Fsp3) is 0.611. The Kier molecular flexibility index (Phi) is 7.13. The summed E-state index contributed by atoms with van der Waals surface area (Å²) < 4.78 is 32.6. The predicted molar refractivity (Wildman–Crippen MR) is 106 cm³/mol. The highest BCUT2D eigenvalue weighted by atomic mass is 35.5. The molecule has 1 aromatic rings. The Morgan fingerprint density at radius 3 is 2.74 bits per heavy atom. The molecule has 27 heavy (non-hydrogen) atoms. The average molecular weight is 418 g/mol. The molecule has 1 aromatic carbocycles. The van der Waals surface area contributed by atoms with Crippen LogP contribution < -0.4 is 20.1 Å².